The lowest BCUT2D eigenvalue weighted by atomic mass is 9.80. The number of imide groups is 2. The summed E-state index contributed by atoms with van der Waals surface area (Å²) in [6.45, 7) is 21.7. The number of nitrogens with zero attached hydrogens (tertiary/aromatic N) is 6. The maximum absolute atomic E-state index is 16.4. The number of esters is 2. The highest BCUT2D eigenvalue weighted by Crippen LogP contribution is 2.58. The van der Waals surface area contributed by atoms with Crippen LogP contribution in [0, 0.1) is 11.8 Å². The first kappa shape index (κ1) is 72.5. The molecular weight excluding hydrogens is 1410 g/mol. The number of benzene rings is 9. The zero-order valence-electron chi connectivity index (χ0n) is 58.1. The van der Waals surface area contributed by atoms with E-state index in [2.05, 4.69) is 23.0 Å². The van der Waals surface area contributed by atoms with Gasteiger partial charge in [-0.05, 0) is 136 Å². The van der Waals surface area contributed by atoms with Crippen LogP contribution >= 0.6 is 46.4 Å². The fourth-order valence-corrected chi connectivity index (χ4v) is 14.9. The molecule has 4 aliphatic rings. The van der Waals surface area contributed by atoms with E-state index in [-0.39, 0.29) is 187 Å². The van der Waals surface area contributed by atoms with Gasteiger partial charge < -0.3 is 38.2 Å². The van der Waals surface area contributed by atoms with E-state index in [0.717, 1.165) is 9.80 Å². The zero-order valence-corrected chi connectivity index (χ0v) is 61.1. The SMILES string of the molecule is C=C(C)C(=O)OCCN1CCN(C(=O)C(CC(C)C)N2C(=O)c3cc(Oc4cccc(Cl)c4)c4c5c(Oc6cccc(Cl)c6)cc6c7c(cc(Oc8cccc(Cl)c8)c(c8c(Oc9cccc(Cl)c9)cc(c3c48)C2=O)c75)C(=O)N(C(CC(C)C)C(=O)N2CCN(CCOC(=O)C(=C)C)CC2)C6=O)CC1. The van der Waals surface area contributed by atoms with Crippen LogP contribution in [-0.4, -0.2) is 168 Å². The third-order valence-corrected chi connectivity index (χ3v) is 19.9. The molecule has 104 heavy (non-hydrogen) atoms. The minimum absolute atomic E-state index is 0.00780. The van der Waals surface area contributed by atoms with Gasteiger partial charge in [0, 0.05) is 140 Å². The standard InChI is InChI=1S/C80H74Cl4N6O14/c1-43(2)33-59(77(95)87-25-21-85(22-26-87)29-31-99-79(97)45(5)6)89-73(91)55-39-61(101-51-17-9-13-47(81)35-51)67-69-63(103-53-19-11-15-49(83)37-53)41-57-66-58(76(94)90(75(57)93)60(34-44(3)4)78(96)88-27-23-86(24-28-88)30-32-100-80(98)46(7)8)42-64(104-54-20-12-16-50(84)38-54)70(72(66)69)68-62(102-52-18-10-14-48(82)36-52)40-56(74(89)92)65(55)71(67)68/h9-20,35-44,59-60H,5,7,21-34H2,1-4,6,8H3. The summed E-state index contributed by atoms with van der Waals surface area (Å²) in [7, 11) is 0. The molecule has 0 radical (unpaired) electrons. The molecule has 4 heterocycles. The lowest BCUT2D eigenvalue weighted by Crippen LogP contribution is -2.58. The molecule has 20 nitrogen and oxygen atoms in total. The van der Waals surface area contributed by atoms with E-state index < -0.39 is 59.5 Å². The Bertz CT molecular complexity index is 4510. The molecule has 2 saturated heterocycles. The number of carbonyl (C=O) groups excluding carboxylic acids is 8. The maximum Gasteiger partial charge on any atom is 0.333 e. The normalized spacial score (nSPS) is 15.6. The Kier molecular flexibility index (Phi) is 21.0. The second-order valence-electron chi connectivity index (χ2n) is 27.3. The number of hydrogen-bond acceptors (Lipinski definition) is 16. The van der Waals surface area contributed by atoms with Gasteiger partial charge in [-0.25, -0.2) is 9.59 Å². The summed E-state index contributed by atoms with van der Waals surface area (Å²) in [4.78, 5) is 130. The quantitative estimate of drug-likeness (QED) is 0.0181. The van der Waals surface area contributed by atoms with Crippen LogP contribution < -0.4 is 18.9 Å². The molecule has 9 aromatic carbocycles. The fraction of sp³-hybridized carbons (Fsp3) is 0.300. The molecule has 6 amide bonds. The van der Waals surface area contributed by atoms with Gasteiger partial charge in [-0.2, -0.15) is 0 Å². The maximum atomic E-state index is 16.4. The number of piperazine rings is 2. The average Bonchev–Trinajstić information content (AvgIpc) is 0.671. The number of rotatable bonds is 24. The van der Waals surface area contributed by atoms with Gasteiger partial charge in [-0.1, -0.05) is 112 Å². The molecule has 9 aromatic rings. The van der Waals surface area contributed by atoms with Crippen LogP contribution in [0.5, 0.6) is 46.0 Å². The van der Waals surface area contributed by atoms with Crippen molar-refractivity contribution in [1.82, 2.24) is 29.4 Å². The molecule has 0 aromatic heterocycles. The largest absolute Gasteiger partial charge is 0.461 e. The molecule has 24 heteroatoms. The third-order valence-electron chi connectivity index (χ3n) is 19.0. The highest BCUT2D eigenvalue weighted by molar-refractivity contribution is 6.45. The second kappa shape index (κ2) is 30.1. The summed E-state index contributed by atoms with van der Waals surface area (Å²) in [5.41, 5.74) is 0.379. The first-order valence-electron chi connectivity index (χ1n) is 34.3. The van der Waals surface area contributed by atoms with Crippen molar-refractivity contribution in [2.75, 3.05) is 78.7 Å². The van der Waals surface area contributed by atoms with Crippen LogP contribution in [0.15, 0.2) is 146 Å². The highest BCUT2D eigenvalue weighted by atomic mass is 35.5. The minimum atomic E-state index is -1.33. The van der Waals surface area contributed by atoms with Crippen LogP contribution in [0.25, 0.3) is 43.1 Å². The number of hydrogen-bond donors (Lipinski definition) is 0. The topological polar surface area (TPSA) is 211 Å². The van der Waals surface area contributed by atoms with Gasteiger partial charge in [0.05, 0.1) is 22.3 Å². The van der Waals surface area contributed by atoms with Gasteiger partial charge in [0.2, 0.25) is 11.8 Å². The van der Waals surface area contributed by atoms with Crippen molar-refractivity contribution in [2.24, 2.45) is 11.8 Å². The Morgan fingerprint density at radius 1 is 0.394 bits per heavy atom. The molecule has 0 N–H and O–H groups in total. The van der Waals surface area contributed by atoms with Gasteiger partial charge in [0.1, 0.15) is 71.3 Å². The van der Waals surface area contributed by atoms with Crippen molar-refractivity contribution in [3.8, 4) is 46.0 Å². The van der Waals surface area contributed by atoms with E-state index >= 15 is 28.8 Å². The van der Waals surface area contributed by atoms with Crippen molar-refractivity contribution in [3.63, 3.8) is 0 Å². The van der Waals surface area contributed by atoms with Crippen LogP contribution in [0.3, 0.4) is 0 Å². The van der Waals surface area contributed by atoms with Crippen LogP contribution in [0.2, 0.25) is 20.1 Å². The summed E-state index contributed by atoms with van der Waals surface area (Å²) in [6.07, 6.45) is 0.147. The predicted molar refractivity (Wildman–Crippen MR) is 399 cm³/mol. The Labute approximate surface area is 620 Å². The molecule has 13 rings (SSSR count). The molecule has 0 spiro atoms. The van der Waals surface area contributed by atoms with Crippen LogP contribution in [0.1, 0.15) is 95.8 Å². The molecule has 4 aliphatic heterocycles. The van der Waals surface area contributed by atoms with Gasteiger partial charge in [-0.3, -0.25) is 48.4 Å². The van der Waals surface area contributed by atoms with Crippen molar-refractivity contribution < 1.29 is 66.8 Å². The molecular formula is C80H74Cl4N6O14. The predicted octanol–water partition coefficient (Wildman–Crippen LogP) is 16.1. The van der Waals surface area contributed by atoms with E-state index in [1.165, 1.54) is 24.3 Å². The summed E-state index contributed by atoms with van der Waals surface area (Å²) in [5, 5.41) is 2.58. The molecule has 2 unspecified atom stereocenters. The fourth-order valence-electron chi connectivity index (χ4n) is 14.2. The minimum Gasteiger partial charge on any atom is -0.461 e. The van der Waals surface area contributed by atoms with Crippen molar-refractivity contribution >= 4 is 137 Å². The molecule has 536 valence electrons. The van der Waals surface area contributed by atoms with Crippen LogP contribution in [-0.2, 0) is 28.7 Å². The van der Waals surface area contributed by atoms with Gasteiger partial charge in [0.15, 0.2) is 0 Å². The van der Waals surface area contributed by atoms with E-state index in [9.17, 15) is 9.59 Å². The highest BCUT2D eigenvalue weighted by Gasteiger charge is 2.48. The number of carbonyl (C=O) groups is 8. The average molecular weight is 1490 g/mol. The third kappa shape index (κ3) is 14.5. The summed E-state index contributed by atoms with van der Waals surface area (Å²) in [6, 6.07) is 29.8. The van der Waals surface area contributed by atoms with E-state index in [1.807, 2.05) is 27.7 Å². The van der Waals surface area contributed by atoms with Crippen molar-refractivity contribution in [2.45, 2.75) is 66.5 Å². The second-order valence-corrected chi connectivity index (χ2v) is 29.1. The Morgan fingerprint density at radius 3 is 0.904 bits per heavy atom. The molecule has 0 saturated carbocycles. The van der Waals surface area contributed by atoms with Gasteiger partial charge in [-0.15, -0.1) is 0 Å². The van der Waals surface area contributed by atoms with E-state index in [4.69, 9.17) is 74.8 Å². The number of ether oxygens (including phenoxy) is 6. The molecule has 2 atom stereocenters. The lowest BCUT2D eigenvalue weighted by Gasteiger charge is -2.40. The number of amides is 6. The Balaban J connectivity index is 1.07. The van der Waals surface area contributed by atoms with Gasteiger partial charge >= 0.3 is 11.9 Å². The van der Waals surface area contributed by atoms with Crippen molar-refractivity contribution in [3.05, 3.63) is 188 Å². The van der Waals surface area contributed by atoms with E-state index in [0.29, 0.717) is 59.4 Å². The summed E-state index contributed by atoms with van der Waals surface area (Å²) < 4.78 is 39.2. The Hall–Kier alpha value is -9.80. The Morgan fingerprint density at radius 2 is 0.663 bits per heavy atom. The van der Waals surface area contributed by atoms with E-state index in [1.54, 1.807) is 121 Å². The van der Waals surface area contributed by atoms with Gasteiger partial charge in [0.25, 0.3) is 23.6 Å². The van der Waals surface area contributed by atoms with Crippen molar-refractivity contribution in [1.29, 1.82) is 0 Å². The first-order chi connectivity index (χ1) is 49.8. The molecule has 0 bridgehead atoms. The molecule has 2 fully saturated rings. The number of fused-ring (bicyclic) bond motifs is 2. The lowest BCUT2D eigenvalue weighted by molar-refractivity contribution is -0.141. The first-order valence-corrected chi connectivity index (χ1v) is 35.9. The summed E-state index contributed by atoms with van der Waals surface area (Å²) in [5.74, 6) is -4.85. The smallest absolute Gasteiger partial charge is 0.333 e. The summed E-state index contributed by atoms with van der Waals surface area (Å²) >= 11 is 27.1. The monoisotopic (exact) mass is 1480 g/mol. The van der Waals surface area contributed by atoms with Crippen LogP contribution in [0.4, 0.5) is 0 Å². The zero-order chi connectivity index (χ0) is 73.7. The molecule has 0 aliphatic carbocycles. The number of halogens is 4.